The van der Waals surface area contributed by atoms with Gasteiger partial charge in [0.1, 0.15) is 0 Å². The Kier molecular flexibility index (Phi) is 4.80. The fourth-order valence-electron chi connectivity index (χ4n) is 2.15. The monoisotopic (exact) mass is 287 g/mol. The molecule has 104 valence electrons. The highest BCUT2D eigenvalue weighted by Gasteiger charge is 2.11. The Bertz CT molecular complexity index is 592. The van der Waals surface area contributed by atoms with E-state index in [-0.39, 0.29) is 11.9 Å². The van der Waals surface area contributed by atoms with Gasteiger partial charge >= 0.3 is 0 Å². The third-order valence-electron chi connectivity index (χ3n) is 3.22. The summed E-state index contributed by atoms with van der Waals surface area (Å²) >= 11 is 5.86. The predicted octanol–water partition coefficient (Wildman–Crippen LogP) is 4.01. The van der Waals surface area contributed by atoms with Crippen LogP contribution in [0, 0.1) is 6.92 Å². The summed E-state index contributed by atoms with van der Waals surface area (Å²) in [5.74, 6) is -0.0236. The molecule has 2 rings (SSSR count). The van der Waals surface area contributed by atoms with Crippen LogP contribution in [0.5, 0.6) is 0 Å². The van der Waals surface area contributed by atoms with Gasteiger partial charge in [-0.05, 0) is 49.6 Å². The summed E-state index contributed by atoms with van der Waals surface area (Å²) in [7, 11) is 0. The Morgan fingerprint density at radius 3 is 2.45 bits per heavy atom. The topological polar surface area (TPSA) is 29.1 Å². The van der Waals surface area contributed by atoms with Crippen LogP contribution >= 0.6 is 11.6 Å². The summed E-state index contributed by atoms with van der Waals surface area (Å²) in [6.45, 7) is 3.95. The zero-order chi connectivity index (χ0) is 14.5. The van der Waals surface area contributed by atoms with Gasteiger partial charge in [-0.3, -0.25) is 4.79 Å². The lowest BCUT2D eigenvalue weighted by molar-refractivity contribution is 0.0939. The molecule has 0 radical (unpaired) electrons. The van der Waals surface area contributed by atoms with Crippen LogP contribution in [0.25, 0.3) is 0 Å². The van der Waals surface area contributed by atoms with E-state index in [1.54, 1.807) is 0 Å². The highest BCUT2D eigenvalue weighted by molar-refractivity contribution is 6.30. The molecule has 0 aromatic heterocycles. The Morgan fingerprint density at radius 1 is 1.15 bits per heavy atom. The fourth-order valence-corrected chi connectivity index (χ4v) is 2.28. The van der Waals surface area contributed by atoms with Gasteiger partial charge < -0.3 is 5.32 Å². The normalized spacial score (nSPS) is 11.9. The van der Waals surface area contributed by atoms with Gasteiger partial charge in [-0.15, -0.1) is 0 Å². The van der Waals surface area contributed by atoms with Gasteiger partial charge in [-0.1, -0.05) is 41.9 Å². The molecule has 0 spiro atoms. The molecular weight excluding hydrogens is 270 g/mol. The molecule has 0 aliphatic heterocycles. The number of nitrogens with one attached hydrogen (secondary N) is 1. The van der Waals surface area contributed by atoms with Crippen molar-refractivity contribution < 1.29 is 4.79 Å². The van der Waals surface area contributed by atoms with Crippen molar-refractivity contribution in [2.45, 2.75) is 26.3 Å². The smallest absolute Gasteiger partial charge is 0.251 e. The average Bonchev–Trinajstić information content (AvgIpc) is 2.41. The van der Waals surface area contributed by atoms with E-state index in [0.717, 1.165) is 28.1 Å². The lowest BCUT2D eigenvalue weighted by atomic mass is 10.1. The van der Waals surface area contributed by atoms with Gasteiger partial charge in [0.25, 0.3) is 5.91 Å². The zero-order valence-corrected chi connectivity index (χ0v) is 12.4. The van der Waals surface area contributed by atoms with Crippen molar-refractivity contribution in [3.05, 3.63) is 70.2 Å². The van der Waals surface area contributed by atoms with E-state index < -0.39 is 0 Å². The number of halogens is 1. The third kappa shape index (κ3) is 3.84. The number of carbonyl (C=O) groups excluding carboxylic acids is 1. The molecule has 0 fully saturated rings. The molecule has 2 aromatic carbocycles. The second kappa shape index (κ2) is 6.58. The maximum absolute atomic E-state index is 12.2. The van der Waals surface area contributed by atoms with Crippen LogP contribution in [0.15, 0.2) is 48.5 Å². The van der Waals surface area contributed by atoms with Crippen LogP contribution in [0.3, 0.4) is 0 Å². The first kappa shape index (κ1) is 14.6. The van der Waals surface area contributed by atoms with E-state index in [0.29, 0.717) is 0 Å². The Hall–Kier alpha value is -1.80. The summed E-state index contributed by atoms with van der Waals surface area (Å²) in [6, 6.07) is 15.4. The summed E-state index contributed by atoms with van der Waals surface area (Å²) in [4.78, 5) is 12.2. The molecule has 0 saturated carbocycles. The highest BCUT2D eigenvalue weighted by atomic mass is 35.5. The van der Waals surface area contributed by atoms with Crippen molar-refractivity contribution in [2.24, 2.45) is 0 Å². The highest BCUT2D eigenvalue weighted by Crippen LogP contribution is 2.12. The lowest BCUT2D eigenvalue weighted by Gasteiger charge is -2.15. The third-order valence-corrected chi connectivity index (χ3v) is 3.47. The molecule has 0 bridgehead atoms. The van der Waals surface area contributed by atoms with E-state index >= 15 is 0 Å². The van der Waals surface area contributed by atoms with Crippen LogP contribution in [0.4, 0.5) is 0 Å². The molecule has 1 N–H and O–H groups in total. The van der Waals surface area contributed by atoms with Crippen molar-refractivity contribution in [3.63, 3.8) is 0 Å². The fraction of sp³-hybridized carbons (Fsp3) is 0.235. The molecule has 0 heterocycles. The first-order valence-electron chi connectivity index (χ1n) is 6.67. The molecule has 1 unspecified atom stereocenters. The van der Waals surface area contributed by atoms with E-state index in [4.69, 9.17) is 11.6 Å². The van der Waals surface area contributed by atoms with Gasteiger partial charge in [-0.2, -0.15) is 0 Å². The molecule has 2 aromatic rings. The number of rotatable bonds is 4. The average molecular weight is 288 g/mol. The van der Waals surface area contributed by atoms with Gasteiger partial charge in [0, 0.05) is 16.6 Å². The Labute approximate surface area is 124 Å². The van der Waals surface area contributed by atoms with Crippen molar-refractivity contribution in [2.75, 3.05) is 0 Å². The van der Waals surface area contributed by atoms with Crippen LogP contribution in [0.1, 0.15) is 28.4 Å². The minimum absolute atomic E-state index is 0.0236. The Morgan fingerprint density at radius 2 is 1.80 bits per heavy atom. The SMILES string of the molecule is Cc1ccccc1C(=O)NC(C)Cc1ccc(Cl)cc1. The van der Waals surface area contributed by atoms with Crippen LogP contribution in [-0.2, 0) is 6.42 Å². The first-order chi connectivity index (χ1) is 9.56. The molecule has 0 aliphatic carbocycles. The molecule has 0 aliphatic rings. The standard InChI is InChI=1S/C17H18ClNO/c1-12-5-3-4-6-16(12)17(20)19-13(2)11-14-7-9-15(18)10-8-14/h3-10,13H,11H2,1-2H3,(H,19,20). The Balaban J connectivity index is 1.98. The molecule has 3 heteroatoms. The van der Waals surface area contributed by atoms with Crippen molar-refractivity contribution >= 4 is 17.5 Å². The van der Waals surface area contributed by atoms with Gasteiger partial charge in [-0.25, -0.2) is 0 Å². The second-order valence-electron chi connectivity index (χ2n) is 5.02. The van der Waals surface area contributed by atoms with Crippen molar-refractivity contribution in [1.82, 2.24) is 5.32 Å². The summed E-state index contributed by atoms with van der Waals surface area (Å²) < 4.78 is 0. The maximum atomic E-state index is 12.2. The van der Waals surface area contributed by atoms with E-state index in [9.17, 15) is 4.79 Å². The van der Waals surface area contributed by atoms with E-state index in [1.165, 1.54) is 0 Å². The predicted molar refractivity (Wildman–Crippen MR) is 83.3 cm³/mol. The second-order valence-corrected chi connectivity index (χ2v) is 5.46. The summed E-state index contributed by atoms with van der Waals surface area (Å²) in [5.41, 5.74) is 2.88. The lowest BCUT2D eigenvalue weighted by Crippen LogP contribution is -2.34. The summed E-state index contributed by atoms with van der Waals surface area (Å²) in [5, 5.41) is 3.76. The molecular formula is C17H18ClNO. The number of aryl methyl sites for hydroxylation is 1. The number of amides is 1. The van der Waals surface area contributed by atoms with Crippen LogP contribution in [0.2, 0.25) is 5.02 Å². The van der Waals surface area contributed by atoms with Crippen molar-refractivity contribution in [3.8, 4) is 0 Å². The number of benzene rings is 2. The number of hydrogen-bond acceptors (Lipinski definition) is 1. The molecule has 2 nitrogen and oxygen atoms in total. The minimum atomic E-state index is -0.0236. The molecule has 20 heavy (non-hydrogen) atoms. The first-order valence-corrected chi connectivity index (χ1v) is 7.05. The number of carbonyl (C=O) groups is 1. The molecule has 1 atom stereocenters. The quantitative estimate of drug-likeness (QED) is 0.904. The maximum Gasteiger partial charge on any atom is 0.251 e. The largest absolute Gasteiger partial charge is 0.349 e. The number of hydrogen-bond donors (Lipinski definition) is 1. The van der Waals surface area contributed by atoms with Gasteiger partial charge in [0.05, 0.1) is 0 Å². The van der Waals surface area contributed by atoms with Crippen LogP contribution in [-0.4, -0.2) is 11.9 Å². The van der Waals surface area contributed by atoms with Crippen molar-refractivity contribution in [1.29, 1.82) is 0 Å². The summed E-state index contributed by atoms with van der Waals surface area (Å²) in [6.07, 6.45) is 0.786. The molecule has 1 amide bonds. The van der Waals surface area contributed by atoms with E-state index in [1.807, 2.05) is 62.4 Å². The van der Waals surface area contributed by atoms with Gasteiger partial charge in [0.2, 0.25) is 0 Å². The minimum Gasteiger partial charge on any atom is -0.349 e. The zero-order valence-electron chi connectivity index (χ0n) is 11.7. The van der Waals surface area contributed by atoms with Gasteiger partial charge in [0.15, 0.2) is 0 Å². The molecule has 0 saturated heterocycles. The van der Waals surface area contributed by atoms with E-state index in [2.05, 4.69) is 5.32 Å². The van der Waals surface area contributed by atoms with Crippen LogP contribution < -0.4 is 5.32 Å².